The molecule has 9 heteroatoms. The highest BCUT2D eigenvalue weighted by Gasteiger charge is 2.36. The summed E-state index contributed by atoms with van der Waals surface area (Å²) in [6.07, 6.45) is 4.91. The number of aromatic nitrogens is 1. The van der Waals surface area contributed by atoms with Crippen molar-refractivity contribution in [2.45, 2.75) is 0 Å². The van der Waals surface area contributed by atoms with Gasteiger partial charge in [0.15, 0.2) is 11.5 Å². The molecule has 5 rings (SSSR count). The molecule has 3 aromatic rings. The minimum absolute atomic E-state index is 0.127. The zero-order chi connectivity index (χ0) is 25.1. The van der Waals surface area contributed by atoms with Gasteiger partial charge in [-0.3, -0.25) is 15.0 Å². The van der Waals surface area contributed by atoms with Crippen molar-refractivity contribution in [3.63, 3.8) is 0 Å². The number of nitrogens with zero attached hydrogens (tertiary/aromatic N) is 5. The molecule has 0 saturated carbocycles. The van der Waals surface area contributed by atoms with Gasteiger partial charge in [-0.15, -0.1) is 0 Å². The molecule has 36 heavy (non-hydrogen) atoms. The van der Waals surface area contributed by atoms with Crippen molar-refractivity contribution in [3.05, 3.63) is 89.7 Å². The summed E-state index contributed by atoms with van der Waals surface area (Å²) in [5.41, 5.74) is 2.48. The van der Waals surface area contributed by atoms with E-state index >= 15 is 0 Å². The Kier molecular flexibility index (Phi) is 6.67. The lowest BCUT2D eigenvalue weighted by Crippen LogP contribution is -2.50. The summed E-state index contributed by atoms with van der Waals surface area (Å²) < 4.78 is 35.1. The van der Waals surface area contributed by atoms with E-state index in [9.17, 15) is 8.42 Å². The average Bonchev–Trinajstić information content (AvgIpc) is 2.93. The van der Waals surface area contributed by atoms with Gasteiger partial charge in [-0.25, -0.2) is 8.42 Å². The van der Waals surface area contributed by atoms with Crippen molar-refractivity contribution in [3.8, 4) is 5.75 Å². The monoisotopic (exact) mass is 501 g/mol. The molecular formula is C27H27N5O3S. The molecule has 184 valence electrons. The maximum atomic E-state index is 13.7. The molecule has 1 saturated heterocycles. The molecule has 2 aliphatic rings. The first kappa shape index (κ1) is 23.9. The van der Waals surface area contributed by atoms with E-state index in [1.165, 1.54) is 4.31 Å². The number of hydrogen-bond donors (Lipinski definition) is 0. The summed E-state index contributed by atoms with van der Waals surface area (Å²) in [6.45, 7) is 2.00. The fraction of sp³-hybridized carbons (Fsp3) is 0.222. The summed E-state index contributed by atoms with van der Waals surface area (Å²) in [5.74, 6) is 0.983. The van der Waals surface area contributed by atoms with E-state index in [-0.39, 0.29) is 10.6 Å². The highest BCUT2D eigenvalue weighted by atomic mass is 32.2. The molecule has 0 bridgehead atoms. The fourth-order valence-corrected chi connectivity index (χ4v) is 6.10. The van der Waals surface area contributed by atoms with Gasteiger partial charge in [-0.2, -0.15) is 4.31 Å². The Balaban J connectivity index is 1.42. The van der Waals surface area contributed by atoms with Crippen molar-refractivity contribution in [1.29, 1.82) is 0 Å². The highest BCUT2D eigenvalue weighted by molar-refractivity contribution is 7.94. The molecule has 1 aromatic heterocycles. The van der Waals surface area contributed by atoms with Crippen molar-refractivity contribution in [2.75, 3.05) is 45.2 Å². The number of anilines is 1. The fourth-order valence-electron chi connectivity index (χ4n) is 4.51. The third kappa shape index (κ3) is 4.43. The van der Waals surface area contributed by atoms with E-state index in [4.69, 9.17) is 4.74 Å². The van der Waals surface area contributed by atoms with Gasteiger partial charge in [0.1, 0.15) is 21.8 Å². The third-order valence-electron chi connectivity index (χ3n) is 6.32. The number of ether oxygens (including phenoxy) is 1. The van der Waals surface area contributed by atoms with Crippen molar-refractivity contribution in [1.82, 2.24) is 9.29 Å². The van der Waals surface area contributed by atoms with Crippen LogP contribution in [0.5, 0.6) is 5.75 Å². The molecular weight excluding hydrogens is 474 g/mol. The zero-order valence-electron chi connectivity index (χ0n) is 20.2. The standard InChI is InChI=1S/C27H27N5O3S/c1-28-26-23(35-22-12-6-8-20-9-7-15-30-25(20)22)13-14-24(27(26)29-2)36(33,34)32-18-16-31(17-19-32)21-10-4-3-5-11-21/h3-15H,16-19H2,1-2H3/b28-26-,29-27-. The zero-order valence-corrected chi connectivity index (χ0v) is 21.0. The van der Waals surface area contributed by atoms with Gasteiger partial charge in [0, 0.05) is 57.5 Å². The Morgan fingerprint density at radius 1 is 0.833 bits per heavy atom. The number of benzene rings is 2. The van der Waals surface area contributed by atoms with Crippen LogP contribution in [0.1, 0.15) is 0 Å². The van der Waals surface area contributed by atoms with Crippen LogP contribution < -0.4 is 9.64 Å². The SMILES string of the molecule is C/N=C1/C(Oc2cccc3cccnc23)=CC=C(S(=O)(=O)N2CCN(c3ccccc3)CC2)/C1=N/C. The number of allylic oxidation sites excluding steroid dienone is 4. The van der Waals surface area contributed by atoms with Crippen LogP contribution in [0.25, 0.3) is 10.9 Å². The molecule has 2 aromatic carbocycles. The van der Waals surface area contributed by atoms with Gasteiger partial charge in [0.25, 0.3) is 0 Å². The predicted molar refractivity (Wildman–Crippen MR) is 144 cm³/mol. The van der Waals surface area contributed by atoms with Gasteiger partial charge >= 0.3 is 0 Å². The predicted octanol–water partition coefficient (Wildman–Crippen LogP) is 3.69. The molecule has 0 N–H and O–H groups in total. The van der Waals surface area contributed by atoms with Crippen LogP contribution in [-0.4, -0.2) is 69.4 Å². The van der Waals surface area contributed by atoms with Crippen LogP contribution in [0.15, 0.2) is 99.7 Å². The minimum atomic E-state index is -3.78. The molecule has 0 spiro atoms. The van der Waals surface area contributed by atoms with Crippen LogP contribution in [0.4, 0.5) is 5.69 Å². The Bertz CT molecular complexity index is 1500. The third-order valence-corrected chi connectivity index (χ3v) is 8.25. The first-order chi connectivity index (χ1) is 17.5. The lowest BCUT2D eigenvalue weighted by atomic mass is 10.1. The lowest BCUT2D eigenvalue weighted by molar-refractivity contribution is 0.389. The number of hydrogen-bond acceptors (Lipinski definition) is 7. The van der Waals surface area contributed by atoms with Crippen LogP contribution >= 0.6 is 0 Å². The van der Waals surface area contributed by atoms with Crippen LogP contribution in [-0.2, 0) is 10.0 Å². The Labute approximate surface area is 211 Å². The van der Waals surface area contributed by atoms with Gasteiger partial charge in [0.05, 0.1) is 0 Å². The molecule has 0 atom stereocenters. The number of pyridine rings is 1. The number of aliphatic imine (C=N–C) groups is 2. The van der Waals surface area contributed by atoms with E-state index in [2.05, 4.69) is 19.9 Å². The van der Waals surface area contributed by atoms with Crippen molar-refractivity contribution >= 4 is 38.0 Å². The van der Waals surface area contributed by atoms with Gasteiger partial charge in [-0.05, 0) is 36.4 Å². The van der Waals surface area contributed by atoms with Crippen LogP contribution in [0, 0.1) is 0 Å². The summed E-state index contributed by atoms with van der Waals surface area (Å²) in [7, 11) is -0.609. The number of fused-ring (bicyclic) bond motifs is 1. The second-order valence-electron chi connectivity index (χ2n) is 8.37. The smallest absolute Gasteiger partial charge is 0.245 e. The van der Waals surface area contributed by atoms with E-state index in [0.29, 0.717) is 48.9 Å². The second kappa shape index (κ2) is 10.0. The largest absolute Gasteiger partial charge is 0.453 e. The quantitative estimate of drug-likeness (QED) is 0.498. The van der Waals surface area contributed by atoms with E-state index in [0.717, 1.165) is 11.1 Å². The van der Waals surface area contributed by atoms with Gasteiger partial charge in [-0.1, -0.05) is 36.4 Å². The Morgan fingerprint density at radius 2 is 1.56 bits per heavy atom. The molecule has 1 aliphatic heterocycles. The number of piperazine rings is 1. The van der Waals surface area contributed by atoms with Crippen LogP contribution in [0.2, 0.25) is 0 Å². The van der Waals surface area contributed by atoms with Gasteiger partial charge < -0.3 is 9.64 Å². The topological polar surface area (TPSA) is 87.5 Å². The van der Waals surface area contributed by atoms with E-state index < -0.39 is 10.0 Å². The second-order valence-corrected chi connectivity index (χ2v) is 10.3. The van der Waals surface area contributed by atoms with E-state index in [1.807, 2.05) is 60.7 Å². The maximum Gasteiger partial charge on any atom is 0.245 e. The number of para-hydroxylation sites is 2. The molecule has 0 radical (unpaired) electrons. The molecule has 1 fully saturated rings. The lowest BCUT2D eigenvalue weighted by Gasteiger charge is -2.36. The number of rotatable bonds is 5. The average molecular weight is 502 g/mol. The molecule has 1 aliphatic carbocycles. The van der Waals surface area contributed by atoms with Gasteiger partial charge in [0.2, 0.25) is 10.0 Å². The molecule has 8 nitrogen and oxygen atoms in total. The summed E-state index contributed by atoms with van der Waals surface area (Å²) in [5, 5.41) is 0.944. The molecule has 0 amide bonds. The minimum Gasteiger partial charge on any atom is -0.453 e. The number of sulfonamides is 1. The summed E-state index contributed by atoms with van der Waals surface area (Å²) >= 11 is 0. The van der Waals surface area contributed by atoms with E-state index in [1.54, 1.807) is 32.4 Å². The Morgan fingerprint density at radius 3 is 2.28 bits per heavy atom. The normalized spacial score (nSPS) is 19.4. The Hall–Kier alpha value is -3.82. The van der Waals surface area contributed by atoms with Crippen molar-refractivity contribution < 1.29 is 13.2 Å². The maximum absolute atomic E-state index is 13.7. The summed E-state index contributed by atoms with van der Waals surface area (Å²) in [4.78, 5) is 15.4. The highest BCUT2D eigenvalue weighted by Crippen LogP contribution is 2.29. The summed E-state index contributed by atoms with van der Waals surface area (Å²) in [6, 6.07) is 19.5. The molecule has 0 unspecified atom stereocenters. The van der Waals surface area contributed by atoms with Crippen LogP contribution in [0.3, 0.4) is 0 Å². The van der Waals surface area contributed by atoms with Crippen molar-refractivity contribution in [2.24, 2.45) is 9.98 Å². The first-order valence-electron chi connectivity index (χ1n) is 11.7. The molecule has 2 heterocycles. The first-order valence-corrected chi connectivity index (χ1v) is 13.2.